The molecular weight excluding hydrogens is 278 g/mol. The van der Waals surface area contributed by atoms with E-state index in [4.69, 9.17) is 16.3 Å². The van der Waals surface area contributed by atoms with Gasteiger partial charge in [-0.2, -0.15) is 0 Å². The van der Waals surface area contributed by atoms with Crippen LogP contribution in [0.1, 0.15) is 43.6 Å². The summed E-state index contributed by atoms with van der Waals surface area (Å²) in [7, 11) is 0. The Morgan fingerprint density at radius 3 is 2.45 bits per heavy atom. The lowest BCUT2D eigenvalue weighted by atomic mass is 10.1. The summed E-state index contributed by atoms with van der Waals surface area (Å²) in [5.41, 5.74) is 0.665. The second-order valence-corrected chi connectivity index (χ2v) is 6.12. The van der Waals surface area contributed by atoms with Crippen molar-refractivity contribution in [2.45, 2.75) is 46.3 Å². The Morgan fingerprint density at radius 1 is 1.30 bits per heavy atom. The van der Waals surface area contributed by atoms with Gasteiger partial charge in [0.25, 0.3) is 5.91 Å². The molecule has 1 N–H and O–H groups in total. The molecule has 0 heterocycles. The molecule has 0 saturated heterocycles. The van der Waals surface area contributed by atoms with Crippen molar-refractivity contribution < 1.29 is 14.3 Å². The number of ether oxygens (including phenoxy) is 1. The van der Waals surface area contributed by atoms with Gasteiger partial charge in [-0.15, -0.1) is 0 Å². The predicted octanol–water partition coefficient (Wildman–Crippen LogP) is 3.11. The third kappa shape index (κ3) is 4.85. The van der Waals surface area contributed by atoms with Crippen LogP contribution in [-0.2, 0) is 9.53 Å². The van der Waals surface area contributed by atoms with Gasteiger partial charge in [-0.05, 0) is 52.3 Å². The third-order valence-electron chi connectivity index (χ3n) is 2.55. The normalized spacial score (nSPS) is 12.7. The van der Waals surface area contributed by atoms with E-state index in [0.29, 0.717) is 10.6 Å². The first-order chi connectivity index (χ1) is 9.10. The van der Waals surface area contributed by atoms with Crippen LogP contribution in [0.2, 0.25) is 5.02 Å². The first kappa shape index (κ1) is 16.5. The Kier molecular flexibility index (Phi) is 5.17. The number of nitrogens with one attached hydrogen (secondary N) is 1. The highest BCUT2D eigenvalue weighted by Gasteiger charge is 2.23. The summed E-state index contributed by atoms with van der Waals surface area (Å²) >= 11 is 5.88. The zero-order valence-corrected chi connectivity index (χ0v) is 13.2. The fourth-order valence-corrected chi connectivity index (χ4v) is 1.73. The molecule has 0 aliphatic heterocycles. The van der Waals surface area contributed by atoms with Crippen LogP contribution in [0.15, 0.2) is 18.2 Å². The van der Waals surface area contributed by atoms with Gasteiger partial charge in [0, 0.05) is 10.6 Å². The molecule has 20 heavy (non-hydrogen) atoms. The van der Waals surface area contributed by atoms with Crippen LogP contribution in [0.25, 0.3) is 0 Å². The minimum absolute atomic E-state index is 0.344. The second-order valence-electron chi connectivity index (χ2n) is 5.69. The van der Waals surface area contributed by atoms with Crippen LogP contribution >= 0.6 is 11.6 Å². The minimum atomic E-state index is -0.722. The Hall–Kier alpha value is -1.55. The number of carbonyl (C=O) groups is 2. The van der Waals surface area contributed by atoms with Crippen LogP contribution in [0.5, 0.6) is 0 Å². The van der Waals surface area contributed by atoms with Crippen molar-refractivity contribution in [2.24, 2.45) is 0 Å². The van der Waals surface area contributed by atoms with Gasteiger partial charge in [0.2, 0.25) is 0 Å². The molecule has 0 saturated carbocycles. The lowest BCUT2D eigenvalue weighted by Crippen LogP contribution is -2.42. The molecule has 1 aromatic rings. The number of amides is 1. The molecule has 1 atom stereocenters. The highest BCUT2D eigenvalue weighted by molar-refractivity contribution is 6.31. The lowest BCUT2D eigenvalue weighted by Gasteiger charge is -2.22. The van der Waals surface area contributed by atoms with Gasteiger partial charge in [-0.25, -0.2) is 4.79 Å². The van der Waals surface area contributed by atoms with Crippen molar-refractivity contribution >= 4 is 23.5 Å². The molecule has 0 aliphatic carbocycles. The second kappa shape index (κ2) is 6.27. The molecular formula is C15H20ClNO3. The molecule has 0 spiro atoms. The van der Waals surface area contributed by atoms with E-state index < -0.39 is 17.6 Å². The molecule has 0 unspecified atom stereocenters. The monoisotopic (exact) mass is 297 g/mol. The summed E-state index contributed by atoms with van der Waals surface area (Å²) in [6, 6.07) is 4.33. The van der Waals surface area contributed by atoms with E-state index in [0.717, 1.165) is 5.56 Å². The maximum atomic E-state index is 12.1. The summed E-state index contributed by atoms with van der Waals surface area (Å²) in [5.74, 6) is -0.811. The lowest BCUT2D eigenvalue weighted by molar-refractivity contribution is -0.156. The van der Waals surface area contributed by atoms with Crippen molar-refractivity contribution in [1.29, 1.82) is 0 Å². The summed E-state index contributed by atoms with van der Waals surface area (Å²) < 4.78 is 5.21. The molecule has 0 bridgehead atoms. The van der Waals surface area contributed by atoms with Crippen molar-refractivity contribution in [3.8, 4) is 0 Å². The molecule has 0 fully saturated rings. The van der Waals surface area contributed by atoms with Gasteiger partial charge in [0.05, 0.1) is 0 Å². The molecule has 0 aromatic heterocycles. The quantitative estimate of drug-likeness (QED) is 0.872. The fourth-order valence-electron chi connectivity index (χ4n) is 1.56. The highest BCUT2D eigenvalue weighted by atomic mass is 35.5. The van der Waals surface area contributed by atoms with Crippen LogP contribution in [-0.4, -0.2) is 23.5 Å². The van der Waals surface area contributed by atoms with E-state index in [1.807, 2.05) is 6.92 Å². The molecule has 5 heteroatoms. The van der Waals surface area contributed by atoms with Crippen molar-refractivity contribution in [1.82, 2.24) is 5.32 Å². The number of esters is 1. The van der Waals surface area contributed by atoms with Crippen LogP contribution in [0.4, 0.5) is 0 Å². The van der Waals surface area contributed by atoms with Crippen molar-refractivity contribution in [3.63, 3.8) is 0 Å². The van der Waals surface area contributed by atoms with E-state index in [9.17, 15) is 9.59 Å². The van der Waals surface area contributed by atoms with E-state index in [1.54, 1.807) is 45.9 Å². The largest absolute Gasteiger partial charge is 0.458 e. The summed E-state index contributed by atoms with van der Waals surface area (Å²) in [4.78, 5) is 23.9. The highest BCUT2D eigenvalue weighted by Crippen LogP contribution is 2.15. The summed E-state index contributed by atoms with van der Waals surface area (Å²) in [5, 5.41) is 3.09. The summed E-state index contributed by atoms with van der Waals surface area (Å²) in [6.07, 6.45) is 0. The number of aryl methyl sites for hydroxylation is 1. The van der Waals surface area contributed by atoms with Crippen molar-refractivity contribution in [3.05, 3.63) is 34.3 Å². The van der Waals surface area contributed by atoms with Crippen LogP contribution in [0, 0.1) is 6.92 Å². The fraction of sp³-hybridized carbons (Fsp3) is 0.467. The molecule has 110 valence electrons. The molecule has 0 radical (unpaired) electrons. The van der Waals surface area contributed by atoms with Gasteiger partial charge in [0.15, 0.2) is 0 Å². The van der Waals surface area contributed by atoms with E-state index >= 15 is 0 Å². The number of carbonyl (C=O) groups excluding carboxylic acids is 2. The van der Waals surface area contributed by atoms with Gasteiger partial charge >= 0.3 is 5.97 Å². The third-order valence-corrected chi connectivity index (χ3v) is 2.79. The molecule has 1 rings (SSSR count). The average molecular weight is 298 g/mol. The van der Waals surface area contributed by atoms with Crippen molar-refractivity contribution in [2.75, 3.05) is 0 Å². The Labute approximate surface area is 124 Å². The van der Waals surface area contributed by atoms with E-state index in [-0.39, 0.29) is 5.91 Å². The first-order valence-corrected chi connectivity index (χ1v) is 6.78. The SMILES string of the molecule is Cc1ccc(Cl)cc1C(=O)N[C@H](C)C(=O)OC(C)(C)C. The van der Waals surface area contributed by atoms with Gasteiger partial charge < -0.3 is 10.1 Å². The maximum absolute atomic E-state index is 12.1. The molecule has 4 nitrogen and oxygen atoms in total. The minimum Gasteiger partial charge on any atom is -0.458 e. The Balaban J connectivity index is 2.75. The van der Waals surface area contributed by atoms with Crippen LogP contribution < -0.4 is 5.32 Å². The van der Waals surface area contributed by atoms with E-state index in [2.05, 4.69) is 5.32 Å². The van der Waals surface area contributed by atoms with E-state index in [1.165, 1.54) is 0 Å². The smallest absolute Gasteiger partial charge is 0.328 e. The zero-order chi connectivity index (χ0) is 15.5. The van der Waals surface area contributed by atoms with Gasteiger partial charge in [0.1, 0.15) is 11.6 Å². The average Bonchev–Trinajstić information content (AvgIpc) is 2.29. The Bertz CT molecular complexity index is 520. The predicted molar refractivity (Wildman–Crippen MR) is 79.0 cm³/mol. The zero-order valence-electron chi connectivity index (χ0n) is 12.4. The number of hydrogen-bond acceptors (Lipinski definition) is 3. The number of benzene rings is 1. The maximum Gasteiger partial charge on any atom is 0.328 e. The summed E-state index contributed by atoms with van der Waals surface area (Å²) in [6.45, 7) is 8.73. The number of hydrogen-bond donors (Lipinski definition) is 1. The molecule has 1 aromatic carbocycles. The molecule has 0 aliphatic rings. The number of halogens is 1. The topological polar surface area (TPSA) is 55.4 Å². The number of rotatable bonds is 3. The van der Waals surface area contributed by atoms with Gasteiger partial charge in [-0.3, -0.25) is 4.79 Å². The van der Waals surface area contributed by atoms with Crippen LogP contribution in [0.3, 0.4) is 0 Å². The van der Waals surface area contributed by atoms with Gasteiger partial charge in [-0.1, -0.05) is 17.7 Å². The molecule has 1 amide bonds. The standard InChI is InChI=1S/C15H20ClNO3/c1-9-6-7-11(16)8-12(9)13(18)17-10(2)14(19)20-15(3,4)5/h6-8,10H,1-5H3,(H,17,18)/t10-/m1/s1. The Morgan fingerprint density at radius 2 is 1.90 bits per heavy atom. The first-order valence-electron chi connectivity index (χ1n) is 6.40.